The summed E-state index contributed by atoms with van der Waals surface area (Å²) < 4.78 is 5.72. The molecular formula is C22H28N4O2. The van der Waals surface area contributed by atoms with Crippen molar-refractivity contribution in [2.45, 2.75) is 13.3 Å². The Morgan fingerprint density at radius 3 is 3.07 bits per heavy atom. The first-order valence-corrected chi connectivity index (χ1v) is 9.93. The van der Waals surface area contributed by atoms with Gasteiger partial charge in [-0.2, -0.15) is 0 Å². The normalized spacial score (nSPS) is 25.0. The van der Waals surface area contributed by atoms with Gasteiger partial charge in [-0.1, -0.05) is 42.0 Å². The van der Waals surface area contributed by atoms with E-state index < -0.39 is 5.41 Å². The van der Waals surface area contributed by atoms with Crippen molar-refractivity contribution in [1.29, 1.82) is 0 Å². The second-order valence-electron chi connectivity index (χ2n) is 8.02. The second kappa shape index (κ2) is 8.29. The summed E-state index contributed by atoms with van der Waals surface area (Å²) in [4.78, 5) is 22.5. The van der Waals surface area contributed by atoms with Gasteiger partial charge in [-0.15, -0.1) is 0 Å². The molecule has 0 bridgehead atoms. The molecule has 2 atom stereocenters. The number of nitrogens with zero attached hydrogens (tertiary/aromatic N) is 2. The maximum Gasteiger partial charge on any atom is 0.230 e. The van der Waals surface area contributed by atoms with Gasteiger partial charge in [0.25, 0.3) is 0 Å². The molecule has 2 fully saturated rings. The van der Waals surface area contributed by atoms with Crippen LogP contribution in [0.3, 0.4) is 0 Å². The average Bonchev–Trinajstić information content (AvgIpc) is 3.38. The number of hydrogen-bond acceptors (Lipinski definition) is 4. The Kier molecular flexibility index (Phi) is 5.59. The molecule has 2 aliphatic rings. The van der Waals surface area contributed by atoms with E-state index in [1.807, 2.05) is 6.07 Å². The summed E-state index contributed by atoms with van der Waals surface area (Å²) in [5.41, 5.74) is 3.14. The molecule has 0 aliphatic carbocycles. The summed E-state index contributed by atoms with van der Waals surface area (Å²) in [6.45, 7) is 6.52. The van der Waals surface area contributed by atoms with Gasteiger partial charge in [0, 0.05) is 50.4 Å². The molecule has 2 N–H and O–H groups in total. The number of imidazole rings is 1. The standard InChI is InChI=1S/C22H28N4O2/c1-17(9-18-5-3-2-4-6-18)11-26-12-19-13-28-15-22(19,14-26)21(27)24-8-7-20-10-23-16-25-20/h2-6,9-10,16,19H,7-8,11-15H2,1H3,(H,23,25)(H,24,27)/b17-9+/t19-,22-/m1/s1. The number of aromatic amines is 1. The van der Waals surface area contributed by atoms with Crippen LogP contribution in [0.2, 0.25) is 0 Å². The minimum absolute atomic E-state index is 0.127. The van der Waals surface area contributed by atoms with Crippen molar-refractivity contribution in [2.75, 3.05) is 39.4 Å². The van der Waals surface area contributed by atoms with Crippen LogP contribution in [-0.4, -0.2) is 60.2 Å². The molecule has 0 radical (unpaired) electrons. The van der Waals surface area contributed by atoms with Crippen molar-refractivity contribution >= 4 is 12.0 Å². The molecule has 2 saturated heterocycles. The largest absolute Gasteiger partial charge is 0.380 e. The summed E-state index contributed by atoms with van der Waals surface area (Å²) in [5.74, 6) is 0.394. The highest BCUT2D eigenvalue weighted by molar-refractivity contribution is 5.84. The van der Waals surface area contributed by atoms with E-state index in [9.17, 15) is 4.79 Å². The second-order valence-corrected chi connectivity index (χ2v) is 8.02. The first-order valence-electron chi connectivity index (χ1n) is 9.93. The van der Waals surface area contributed by atoms with Gasteiger partial charge < -0.3 is 15.0 Å². The monoisotopic (exact) mass is 380 g/mol. The SMILES string of the molecule is C/C(=C\c1ccccc1)CN1C[C@@H]2COC[C@]2(C(=O)NCCc2cnc[nH]2)C1. The summed E-state index contributed by atoms with van der Waals surface area (Å²) in [7, 11) is 0. The zero-order valence-electron chi connectivity index (χ0n) is 16.4. The van der Waals surface area contributed by atoms with E-state index in [0.29, 0.717) is 19.8 Å². The Morgan fingerprint density at radius 1 is 1.43 bits per heavy atom. The number of nitrogens with one attached hydrogen (secondary N) is 2. The van der Waals surface area contributed by atoms with E-state index in [2.05, 4.69) is 57.4 Å². The molecule has 2 aliphatic heterocycles. The Balaban J connectivity index is 1.36. The Hall–Kier alpha value is -2.44. The number of ether oxygens (including phenoxy) is 1. The molecule has 0 unspecified atom stereocenters. The smallest absolute Gasteiger partial charge is 0.230 e. The predicted octanol–water partition coefficient (Wildman–Crippen LogP) is 2.12. The molecule has 28 heavy (non-hydrogen) atoms. The zero-order chi connectivity index (χ0) is 19.4. The topological polar surface area (TPSA) is 70.2 Å². The molecule has 2 aromatic rings. The molecule has 0 saturated carbocycles. The number of H-pyrrole nitrogens is 1. The van der Waals surface area contributed by atoms with Crippen LogP contribution in [0.1, 0.15) is 18.2 Å². The minimum Gasteiger partial charge on any atom is -0.380 e. The number of likely N-dealkylation sites (tertiary alicyclic amines) is 1. The van der Waals surface area contributed by atoms with Crippen LogP contribution < -0.4 is 5.32 Å². The third kappa shape index (κ3) is 4.03. The van der Waals surface area contributed by atoms with Gasteiger partial charge in [-0.25, -0.2) is 4.98 Å². The highest BCUT2D eigenvalue weighted by Gasteiger charge is 2.55. The van der Waals surface area contributed by atoms with Crippen LogP contribution in [0.25, 0.3) is 6.08 Å². The number of hydrogen-bond donors (Lipinski definition) is 2. The van der Waals surface area contributed by atoms with Crippen LogP contribution in [-0.2, 0) is 16.0 Å². The molecule has 3 heterocycles. The number of aromatic nitrogens is 2. The molecule has 1 amide bonds. The summed E-state index contributed by atoms with van der Waals surface area (Å²) in [6, 6.07) is 10.4. The van der Waals surface area contributed by atoms with Crippen molar-refractivity contribution in [2.24, 2.45) is 11.3 Å². The van der Waals surface area contributed by atoms with Gasteiger partial charge in [0.15, 0.2) is 0 Å². The molecule has 4 rings (SSSR count). The first-order chi connectivity index (χ1) is 13.7. The fourth-order valence-electron chi connectivity index (χ4n) is 4.42. The van der Waals surface area contributed by atoms with Gasteiger partial charge >= 0.3 is 0 Å². The number of benzene rings is 1. The Labute approximate surface area is 166 Å². The molecule has 148 valence electrons. The zero-order valence-corrected chi connectivity index (χ0v) is 16.4. The fourth-order valence-corrected chi connectivity index (χ4v) is 4.42. The average molecular weight is 380 g/mol. The van der Waals surface area contributed by atoms with E-state index in [1.54, 1.807) is 12.5 Å². The van der Waals surface area contributed by atoms with Crippen LogP contribution in [0.15, 0.2) is 48.4 Å². The van der Waals surface area contributed by atoms with E-state index in [4.69, 9.17) is 4.74 Å². The molecule has 1 aromatic carbocycles. The van der Waals surface area contributed by atoms with Gasteiger partial charge in [0.2, 0.25) is 5.91 Å². The van der Waals surface area contributed by atoms with E-state index in [0.717, 1.165) is 31.7 Å². The first kappa shape index (κ1) is 18.9. The quantitative estimate of drug-likeness (QED) is 0.772. The van der Waals surface area contributed by atoms with Crippen LogP contribution >= 0.6 is 0 Å². The number of carbonyl (C=O) groups is 1. The lowest BCUT2D eigenvalue weighted by atomic mass is 9.80. The molecule has 6 nitrogen and oxygen atoms in total. The van der Waals surface area contributed by atoms with Crippen molar-refractivity contribution in [1.82, 2.24) is 20.2 Å². The van der Waals surface area contributed by atoms with Gasteiger partial charge in [0.05, 0.1) is 25.0 Å². The van der Waals surface area contributed by atoms with Crippen LogP contribution in [0.4, 0.5) is 0 Å². The lowest BCUT2D eigenvalue weighted by Crippen LogP contribution is -2.47. The maximum atomic E-state index is 13.0. The van der Waals surface area contributed by atoms with E-state index in [-0.39, 0.29) is 11.8 Å². The number of rotatable bonds is 7. The number of fused-ring (bicyclic) bond motifs is 1. The summed E-state index contributed by atoms with van der Waals surface area (Å²) in [6.07, 6.45) is 6.44. The van der Waals surface area contributed by atoms with Crippen molar-refractivity contribution in [3.63, 3.8) is 0 Å². The van der Waals surface area contributed by atoms with Crippen molar-refractivity contribution in [3.8, 4) is 0 Å². The van der Waals surface area contributed by atoms with Crippen molar-refractivity contribution in [3.05, 3.63) is 59.7 Å². The number of amides is 1. The maximum absolute atomic E-state index is 13.0. The molecule has 6 heteroatoms. The lowest BCUT2D eigenvalue weighted by molar-refractivity contribution is -0.131. The third-order valence-corrected chi connectivity index (χ3v) is 5.82. The van der Waals surface area contributed by atoms with Gasteiger partial charge in [-0.05, 0) is 12.5 Å². The van der Waals surface area contributed by atoms with Gasteiger partial charge in [0.1, 0.15) is 0 Å². The molecular weight excluding hydrogens is 352 g/mol. The highest BCUT2D eigenvalue weighted by Crippen LogP contribution is 2.41. The van der Waals surface area contributed by atoms with E-state index in [1.165, 1.54) is 11.1 Å². The molecule has 0 spiro atoms. The summed E-state index contributed by atoms with van der Waals surface area (Å²) >= 11 is 0. The van der Waals surface area contributed by atoms with Crippen LogP contribution in [0, 0.1) is 11.3 Å². The summed E-state index contributed by atoms with van der Waals surface area (Å²) in [5, 5.41) is 3.13. The Bertz CT molecular complexity index is 818. The van der Waals surface area contributed by atoms with E-state index >= 15 is 0 Å². The predicted molar refractivity (Wildman–Crippen MR) is 109 cm³/mol. The van der Waals surface area contributed by atoms with Crippen molar-refractivity contribution < 1.29 is 9.53 Å². The lowest BCUT2D eigenvalue weighted by Gasteiger charge is -2.26. The van der Waals surface area contributed by atoms with Gasteiger partial charge in [-0.3, -0.25) is 9.69 Å². The Morgan fingerprint density at radius 2 is 2.29 bits per heavy atom. The minimum atomic E-state index is -0.416. The molecule has 1 aromatic heterocycles. The highest BCUT2D eigenvalue weighted by atomic mass is 16.5. The van der Waals surface area contributed by atoms with Crippen LogP contribution in [0.5, 0.6) is 0 Å². The fraction of sp³-hybridized carbons (Fsp3) is 0.455. The third-order valence-electron chi connectivity index (χ3n) is 5.82. The number of carbonyl (C=O) groups excluding carboxylic acids is 1.